The Morgan fingerprint density at radius 3 is 2.17 bits per heavy atom. The van der Waals surface area contributed by atoms with Gasteiger partial charge in [-0.05, 0) is 43.3 Å². The average Bonchev–Trinajstić information content (AvgIpc) is 3.45. The first-order chi connectivity index (χ1) is 20.0. The van der Waals surface area contributed by atoms with Crippen LogP contribution in [0.5, 0.6) is 0 Å². The van der Waals surface area contributed by atoms with E-state index >= 15 is 0 Å². The summed E-state index contributed by atoms with van der Waals surface area (Å²) in [6.45, 7) is 2.00. The minimum Gasteiger partial charge on any atom is -0.481 e. The van der Waals surface area contributed by atoms with E-state index in [1.165, 1.54) is 11.8 Å². The Bertz CT molecular complexity index is 1110. The van der Waals surface area contributed by atoms with Crippen LogP contribution in [-0.2, 0) is 35.2 Å². The van der Waals surface area contributed by atoms with Gasteiger partial charge in [-0.3, -0.25) is 24.0 Å². The van der Waals surface area contributed by atoms with E-state index in [9.17, 15) is 39.0 Å². The number of thioether (sulfide) groups is 1. The summed E-state index contributed by atoms with van der Waals surface area (Å²) in [7, 11) is 0. The molecule has 0 bridgehead atoms. The Balaban J connectivity index is 2.25. The molecule has 1 fully saturated rings. The van der Waals surface area contributed by atoms with Gasteiger partial charge in [-0.2, -0.15) is 11.8 Å². The summed E-state index contributed by atoms with van der Waals surface area (Å²) in [5.74, 6) is -4.90. The molecule has 2 rings (SSSR count). The first kappa shape index (κ1) is 34.6. The number of carbonyl (C=O) groups is 6. The van der Waals surface area contributed by atoms with Crippen molar-refractivity contribution in [3.05, 3.63) is 35.9 Å². The molecule has 1 aromatic rings. The van der Waals surface area contributed by atoms with E-state index in [2.05, 4.69) is 16.0 Å². The van der Waals surface area contributed by atoms with Crippen molar-refractivity contribution >= 4 is 47.3 Å². The van der Waals surface area contributed by atoms with Gasteiger partial charge < -0.3 is 36.8 Å². The lowest BCUT2D eigenvalue weighted by Gasteiger charge is -2.28. The number of hydrogen-bond acceptors (Lipinski definition) is 8. The number of amides is 4. The van der Waals surface area contributed by atoms with Crippen molar-refractivity contribution < 1.29 is 39.0 Å². The Labute approximate surface area is 249 Å². The van der Waals surface area contributed by atoms with Crippen LogP contribution in [0.4, 0.5) is 0 Å². The number of rotatable bonds is 17. The van der Waals surface area contributed by atoms with Crippen LogP contribution in [0.2, 0.25) is 0 Å². The van der Waals surface area contributed by atoms with Gasteiger partial charge >= 0.3 is 11.9 Å². The van der Waals surface area contributed by atoms with Gasteiger partial charge in [0.1, 0.15) is 24.2 Å². The summed E-state index contributed by atoms with van der Waals surface area (Å²) in [6, 6.07) is 3.29. The molecule has 0 unspecified atom stereocenters. The number of carboxylic acid groups (broad SMARTS) is 2. The summed E-state index contributed by atoms with van der Waals surface area (Å²) >= 11 is 1.41. The zero-order valence-electron chi connectivity index (χ0n) is 23.9. The third-order valence-electron chi connectivity index (χ3n) is 6.91. The minimum absolute atomic E-state index is 0.120. The second-order valence-corrected chi connectivity index (χ2v) is 11.2. The van der Waals surface area contributed by atoms with Gasteiger partial charge in [0, 0.05) is 13.0 Å². The van der Waals surface area contributed by atoms with Crippen molar-refractivity contribution in [1.29, 1.82) is 0 Å². The third kappa shape index (κ3) is 10.6. The standard InChI is InChI=1S/C28H41N5O8S/c1-3-8-18(29)24(36)31-20(15-17-9-5-4-6-10-17)26(38)30-19(12-14-42-2)25(37)32-21(16-23(34)35)27(39)33-13-7-11-22(33)28(40)41/h4-6,9-10,18-22H,3,7-8,11-16,29H2,1-2H3,(H,30,38)(H,31,36)(H,32,37)(H,34,35)(H,40,41)/t18-,19-,20-,21-,22-/m0/s1. The Kier molecular flexibility index (Phi) is 14.3. The van der Waals surface area contributed by atoms with Crippen molar-refractivity contribution in [3.63, 3.8) is 0 Å². The third-order valence-corrected chi connectivity index (χ3v) is 7.55. The van der Waals surface area contributed by atoms with Crippen molar-refractivity contribution in [2.24, 2.45) is 5.73 Å². The molecule has 0 saturated carbocycles. The Morgan fingerprint density at radius 2 is 1.57 bits per heavy atom. The fourth-order valence-corrected chi connectivity index (χ4v) is 5.16. The lowest BCUT2D eigenvalue weighted by Crippen LogP contribution is -2.59. The van der Waals surface area contributed by atoms with Crippen LogP contribution in [0.15, 0.2) is 30.3 Å². The molecule has 1 saturated heterocycles. The molecule has 0 aromatic heterocycles. The topological polar surface area (TPSA) is 208 Å². The molecule has 1 aliphatic rings. The maximum absolute atomic E-state index is 13.5. The van der Waals surface area contributed by atoms with E-state index in [-0.39, 0.29) is 25.8 Å². The van der Waals surface area contributed by atoms with Crippen LogP contribution in [0.25, 0.3) is 0 Å². The number of hydrogen-bond donors (Lipinski definition) is 6. The Morgan fingerprint density at radius 1 is 0.952 bits per heavy atom. The van der Waals surface area contributed by atoms with Gasteiger partial charge in [0.05, 0.1) is 12.5 Å². The number of nitrogens with zero attached hydrogens (tertiary/aromatic N) is 1. The molecule has 5 atom stereocenters. The van der Waals surface area contributed by atoms with Gasteiger partial charge in [0.25, 0.3) is 0 Å². The second kappa shape index (κ2) is 17.3. The van der Waals surface area contributed by atoms with Crippen molar-refractivity contribution in [1.82, 2.24) is 20.9 Å². The van der Waals surface area contributed by atoms with Gasteiger partial charge in [0.15, 0.2) is 0 Å². The van der Waals surface area contributed by atoms with E-state index in [1.54, 1.807) is 30.5 Å². The fourth-order valence-electron chi connectivity index (χ4n) is 4.69. The maximum atomic E-state index is 13.5. The molecule has 4 amide bonds. The van der Waals surface area contributed by atoms with E-state index in [4.69, 9.17) is 5.73 Å². The zero-order valence-corrected chi connectivity index (χ0v) is 24.7. The largest absolute Gasteiger partial charge is 0.481 e. The molecular formula is C28H41N5O8S. The molecule has 1 aromatic carbocycles. The van der Waals surface area contributed by atoms with E-state index in [0.29, 0.717) is 25.0 Å². The molecule has 1 aliphatic heterocycles. The van der Waals surface area contributed by atoms with Crippen LogP contribution in [0.3, 0.4) is 0 Å². The summed E-state index contributed by atoms with van der Waals surface area (Å²) in [5.41, 5.74) is 6.72. The SMILES string of the molecule is CCC[C@H](N)C(=O)N[C@@H](Cc1ccccc1)C(=O)N[C@@H](CCSC)C(=O)N[C@@H](CC(=O)O)C(=O)N1CCC[C@H]1C(=O)O. The fraction of sp³-hybridized carbons (Fsp3) is 0.571. The number of carboxylic acids is 2. The molecule has 232 valence electrons. The van der Waals surface area contributed by atoms with Crippen LogP contribution >= 0.6 is 11.8 Å². The summed E-state index contributed by atoms with van der Waals surface area (Å²) < 4.78 is 0. The Hall–Kier alpha value is -3.65. The lowest BCUT2D eigenvalue weighted by atomic mass is 10.0. The van der Waals surface area contributed by atoms with Crippen LogP contribution in [0, 0.1) is 0 Å². The number of benzene rings is 1. The summed E-state index contributed by atoms with van der Waals surface area (Å²) in [6.07, 6.45) is 3.05. The highest BCUT2D eigenvalue weighted by Crippen LogP contribution is 2.19. The lowest BCUT2D eigenvalue weighted by molar-refractivity contribution is -0.150. The molecule has 0 spiro atoms. The number of nitrogens with one attached hydrogen (secondary N) is 3. The molecular weight excluding hydrogens is 566 g/mol. The summed E-state index contributed by atoms with van der Waals surface area (Å²) in [5, 5.41) is 26.6. The number of carbonyl (C=O) groups excluding carboxylic acids is 4. The normalized spacial score (nSPS) is 17.4. The van der Waals surface area contributed by atoms with Crippen LogP contribution in [0.1, 0.15) is 51.0 Å². The number of nitrogens with two attached hydrogens (primary N) is 1. The van der Waals surface area contributed by atoms with Gasteiger partial charge in [-0.1, -0.05) is 43.7 Å². The van der Waals surface area contributed by atoms with E-state index in [1.807, 2.05) is 13.0 Å². The van der Waals surface area contributed by atoms with Crippen molar-refractivity contribution in [3.8, 4) is 0 Å². The van der Waals surface area contributed by atoms with Gasteiger partial charge in [-0.25, -0.2) is 4.79 Å². The number of aliphatic carboxylic acids is 2. The summed E-state index contributed by atoms with van der Waals surface area (Å²) in [4.78, 5) is 77.0. The van der Waals surface area contributed by atoms with Crippen molar-refractivity contribution in [2.45, 2.75) is 82.1 Å². The van der Waals surface area contributed by atoms with Gasteiger partial charge in [0.2, 0.25) is 23.6 Å². The average molecular weight is 608 g/mol. The highest BCUT2D eigenvalue weighted by atomic mass is 32.2. The van der Waals surface area contributed by atoms with Gasteiger partial charge in [-0.15, -0.1) is 0 Å². The second-order valence-electron chi connectivity index (χ2n) is 10.2. The minimum atomic E-state index is -1.53. The first-order valence-corrected chi connectivity index (χ1v) is 15.3. The molecule has 0 aliphatic carbocycles. The monoisotopic (exact) mass is 607 g/mol. The van der Waals surface area contributed by atoms with E-state index in [0.717, 1.165) is 10.5 Å². The molecule has 1 heterocycles. The van der Waals surface area contributed by atoms with Crippen LogP contribution in [-0.4, -0.2) is 99.4 Å². The molecule has 7 N–H and O–H groups in total. The molecule has 14 heteroatoms. The number of likely N-dealkylation sites (tertiary alicyclic amines) is 1. The highest BCUT2D eigenvalue weighted by Gasteiger charge is 2.39. The molecule has 0 radical (unpaired) electrons. The quantitative estimate of drug-likeness (QED) is 0.141. The van der Waals surface area contributed by atoms with E-state index < -0.39 is 72.2 Å². The maximum Gasteiger partial charge on any atom is 0.326 e. The van der Waals surface area contributed by atoms with Crippen LogP contribution < -0.4 is 21.7 Å². The molecule has 42 heavy (non-hydrogen) atoms. The first-order valence-electron chi connectivity index (χ1n) is 13.9. The predicted octanol–water partition coefficient (Wildman–Crippen LogP) is 0.114. The highest BCUT2D eigenvalue weighted by molar-refractivity contribution is 7.98. The smallest absolute Gasteiger partial charge is 0.326 e. The zero-order chi connectivity index (χ0) is 31.2. The predicted molar refractivity (Wildman–Crippen MR) is 156 cm³/mol. The molecule has 13 nitrogen and oxygen atoms in total. The van der Waals surface area contributed by atoms with Crippen molar-refractivity contribution in [2.75, 3.05) is 18.6 Å².